The van der Waals surface area contributed by atoms with E-state index in [1.54, 1.807) is 0 Å². The van der Waals surface area contributed by atoms with Crippen molar-refractivity contribution in [3.63, 3.8) is 0 Å². The summed E-state index contributed by atoms with van der Waals surface area (Å²) in [5.74, 6) is 0. The van der Waals surface area contributed by atoms with Gasteiger partial charge in [-0.05, 0) is 23.8 Å². The van der Waals surface area contributed by atoms with Gasteiger partial charge in [0.2, 0.25) is 0 Å². The number of nitrogens with zero attached hydrogens (tertiary/aromatic N) is 5. The summed E-state index contributed by atoms with van der Waals surface area (Å²) in [5.41, 5.74) is 2.94. The van der Waals surface area contributed by atoms with Crippen molar-refractivity contribution in [3.8, 4) is 16.8 Å². The van der Waals surface area contributed by atoms with Crippen molar-refractivity contribution in [1.29, 1.82) is 5.26 Å². The molecule has 0 unspecified atom stereocenters. The molecule has 0 saturated heterocycles. The van der Waals surface area contributed by atoms with Crippen LogP contribution in [0.2, 0.25) is 0 Å². The number of aromatic nitrogens is 4. The quantitative estimate of drug-likeness (QED) is 0.665. The summed E-state index contributed by atoms with van der Waals surface area (Å²) in [4.78, 5) is 4.53. The first-order valence-electron chi connectivity index (χ1n) is 5.24. The predicted octanol–water partition coefficient (Wildman–Crippen LogP) is 2.33. The molecule has 3 aromatic rings. The van der Waals surface area contributed by atoms with Crippen LogP contribution in [-0.2, 0) is 0 Å². The van der Waals surface area contributed by atoms with E-state index in [9.17, 15) is 0 Å². The van der Waals surface area contributed by atoms with E-state index >= 15 is 0 Å². The topological polar surface area (TPSA) is 75.3 Å². The fraction of sp³-hybridized carbons (Fsp3) is 0.0833. The average molecular weight is 253 g/mol. The molecular formula is C12H7N5S. The van der Waals surface area contributed by atoms with Crippen LogP contribution in [0, 0.1) is 18.3 Å². The zero-order chi connectivity index (χ0) is 12.5. The van der Waals surface area contributed by atoms with Crippen LogP contribution in [0.4, 0.5) is 0 Å². The summed E-state index contributed by atoms with van der Waals surface area (Å²) in [6.45, 7) is 2.01. The Kier molecular flexibility index (Phi) is 2.46. The number of thiazole rings is 1. The molecule has 0 radical (unpaired) electrons. The van der Waals surface area contributed by atoms with E-state index in [1.807, 2.05) is 25.1 Å². The molecule has 0 aliphatic rings. The van der Waals surface area contributed by atoms with E-state index in [2.05, 4.69) is 26.5 Å². The molecule has 0 bridgehead atoms. The van der Waals surface area contributed by atoms with E-state index in [4.69, 9.17) is 5.26 Å². The molecule has 0 amide bonds. The van der Waals surface area contributed by atoms with Gasteiger partial charge in [0, 0.05) is 0 Å². The minimum absolute atomic E-state index is 0.390. The molecule has 0 N–H and O–H groups in total. The number of hydrogen-bond acceptors (Lipinski definition) is 6. The van der Waals surface area contributed by atoms with Gasteiger partial charge in [0.25, 0.3) is 0 Å². The lowest BCUT2D eigenvalue weighted by Crippen LogP contribution is -1.94. The number of fused-ring (bicyclic) bond motifs is 1. The second-order valence-corrected chi connectivity index (χ2v) is 4.78. The first-order valence-corrected chi connectivity index (χ1v) is 6.06. The van der Waals surface area contributed by atoms with Crippen LogP contribution in [0.5, 0.6) is 0 Å². The summed E-state index contributed by atoms with van der Waals surface area (Å²) in [6, 6.07) is 8.06. The lowest BCUT2D eigenvalue weighted by molar-refractivity contribution is 0.865. The Labute approximate surface area is 107 Å². The first kappa shape index (κ1) is 10.7. The van der Waals surface area contributed by atoms with Gasteiger partial charge in [0.05, 0.1) is 16.4 Å². The third kappa shape index (κ3) is 1.61. The second-order valence-electron chi connectivity index (χ2n) is 3.75. The van der Waals surface area contributed by atoms with Gasteiger partial charge in [-0.25, -0.2) is 4.98 Å². The van der Waals surface area contributed by atoms with Gasteiger partial charge in [-0.2, -0.15) is 5.26 Å². The van der Waals surface area contributed by atoms with Gasteiger partial charge in [-0.3, -0.25) is 0 Å². The highest BCUT2D eigenvalue weighted by molar-refractivity contribution is 7.21. The van der Waals surface area contributed by atoms with Crippen LogP contribution in [0.1, 0.15) is 11.1 Å². The van der Waals surface area contributed by atoms with E-state index in [1.165, 1.54) is 17.5 Å². The normalized spacial score (nSPS) is 10.4. The van der Waals surface area contributed by atoms with E-state index in [0.29, 0.717) is 16.3 Å². The lowest BCUT2D eigenvalue weighted by atomic mass is 10.2. The van der Waals surface area contributed by atoms with Crippen LogP contribution in [0.15, 0.2) is 24.4 Å². The highest BCUT2D eigenvalue weighted by atomic mass is 32.1. The highest BCUT2D eigenvalue weighted by Gasteiger charge is 2.13. The number of para-hydroxylation sites is 1. The third-order valence-electron chi connectivity index (χ3n) is 2.58. The SMILES string of the molecule is Cc1cccc2sc(-c3nnncc3C#N)nc12. The molecule has 3 rings (SSSR count). The van der Waals surface area contributed by atoms with Gasteiger partial charge in [0.1, 0.15) is 22.3 Å². The summed E-state index contributed by atoms with van der Waals surface area (Å²) < 4.78 is 1.08. The van der Waals surface area contributed by atoms with Crippen molar-refractivity contribution in [1.82, 2.24) is 20.4 Å². The Morgan fingerprint density at radius 1 is 1.33 bits per heavy atom. The molecule has 2 heterocycles. The molecule has 18 heavy (non-hydrogen) atoms. The molecule has 0 aliphatic carbocycles. The molecule has 0 fully saturated rings. The predicted molar refractivity (Wildman–Crippen MR) is 67.9 cm³/mol. The Bertz CT molecular complexity index is 771. The molecule has 6 heteroatoms. The van der Waals surface area contributed by atoms with Crippen LogP contribution >= 0.6 is 11.3 Å². The molecule has 5 nitrogen and oxygen atoms in total. The number of aryl methyl sites for hydroxylation is 1. The van der Waals surface area contributed by atoms with Gasteiger partial charge < -0.3 is 0 Å². The minimum Gasteiger partial charge on any atom is -0.234 e. The Morgan fingerprint density at radius 3 is 3.00 bits per heavy atom. The molecule has 1 aromatic carbocycles. The van der Waals surface area contributed by atoms with Gasteiger partial charge in [-0.1, -0.05) is 12.1 Å². The standard InChI is InChI=1S/C12H7N5S/c1-7-3-2-4-9-10(7)15-12(18-9)11-8(5-13)6-14-17-16-11/h2-4,6H,1H3. The Hall–Kier alpha value is -2.39. The number of hydrogen-bond donors (Lipinski definition) is 0. The maximum absolute atomic E-state index is 9.03. The first-order chi connectivity index (χ1) is 8.79. The minimum atomic E-state index is 0.390. The zero-order valence-corrected chi connectivity index (χ0v) is 10.3. The maximum Gasteiger partial charge on any atom is 0.146 e. The van der Waals surface area contributed by atoms with Crippen LogP contribution in [-0.4, -0.2) is 20.4 Å². The smallest absolute Gasteiger partial charge is 0.146 e. The largest absolute Gasteiger partial charge is 0.234 e. The Morgan fingerprint density at radius 2 is 2.22 bits per heavy atom. The molecule has 0 saturated carbocycles. The maximum atomic E-state index is 9.03. The number of nitriles is 1. The van der Waals surface area contributed by atoms with Crippen molar-refractivity contribution in [3.05, 3.63) is 35.5 Å². The molecule has 0 spiro atoms. The molecular weight excluding hydrogens is 246 g/mol. The van der Waals surface area contributed by atoms with Crippen molar-refractivity contribution < 1.29 is 0 Å². The Balaban J connectivity index is 2.27. The summed E-state index contributed by atoms with van der Waals surface area (Å²) >= 11 is 1.50. The number of benzene rings is 1. The van der Waals surface area contributed by atoms with Crippen LogP contribution in [0.3, 0.4) is 0 Å². The van der Waals surface area contributed by atoms with E-state index in [-0.39, 0.29) is 0 Å². The average Bonchev–Trinajstić information content (AvgIpc) is 2.84. The number of rotatable bonds is 1. The molecule has 0 atom stereocenters. The van der Waals surface area contributed by atoms with Crippen molar-refractivity contribution in [2.24, 2.45) is 0 Å². The molecule has 86 valence electrons. The van der Waals surface area contributed by atoms with Crippen molar-refractivity contribution in [2.45, 2.75) is 6.92 Å². The van der Waals surface area contributed by atoms with Crippen LogP contribution in [0.25, 0.3) is 20.9 Å². The molecule has 2 aromatic heterocycles. The second kappa shape index (κ2) is 4.13. The van der Waals surface area contributed by atoms with Crippen molar-refractivity contribution in [2.75, 3.05) is 0 Å². The van der Waals surface area contributed by atoms with Gasteiger partial charge in [0.15, 0.2) is 0 Å². The van der Waals surface area contributed by atoms with Gasteiger partial charge >= 0.3 is 0 Å². The lowest BCUT2D eigenvalue weighted by Gasteiger charge is -1.94. The molecule has 0 aliphatic heterocycles. The third-order valence-corrected chi connectivity index (χ3v) is 3.61. The summed E-state index contributed by atoms with van der Waals surface area (Å²) in [5, 5.41) is 20.8. The van der Waals surface area contributed by atoms with Crippen LogP contribution < -0.4 is 0 Å². The monoisotopic (exact) mass is 253 g/mol. The zero-order valence-electron chi connectivity index (χ0n) is 9.45. The van der Waals surface area contributed by atoms with Gasteiger partial charge in [-0.15, -0.1) is 21.5 Å². The summed E-state index contributed by atoms with van der Waals surface area (Å²) in [6.07, 6.45) is 1.40. The van der Waals surface area contributed by atoms with E-state index in [0.717, 1.165) is 15.8 Å². The highest BCUT2D eigenvalue weighted by Crippen LogP contribution is 2.31. The fourth-order valence-electron chi connectivity index (χ4n) is 1.70. The van der Waals surface area contributed by atoms with E-state index < -0.39 is 0 Å². The summed E-state index contributed by atoms with van der Waals surface area (Å²) in [7, 11) is 0. The fourth-order valence-corrected chi connectivity index (χ4v) is 2.74. The van der Waals surface area contributed by atoms with Crippen molar-refractivity contribution >= 4 is 21.6 Å².